The fraction of sp³-hybridized carbons (Fsp3) is 0.462. The fourth-order valence-corrected chi connectivity index (χ4v) is 2.05. The lowest BCUT2D eigenvalue weighted by Gasteiger charge is -2.10. The second-order valence-electron chi connectivity index (χ2n) is 4.35. The molecular formula is C13H19N3O. The van der Waals surface area contributed by atoms with Crippen molar-refractivity contribution in [2.75, 3.05) is 0 Å². The predicted molar refractivity (Wildman–Crippen MR) is 66.7 cm³/mol. The van der Waals surface area contributed by atoms with E-state index in [1.54, 1.807) is 6.26 Å². The van der Waals surface area contributed by atoms with Crippen LogP contribution in [0.25, 0.3) is 0 Å². The Bertz CT molecular complexity index is 498. The highest BCUT2D eigenvalue weighted by Crippen LogP contribution is 2.20. The summed E-state index contributed by atoms with van der Waals surface area (Å²) in [6.45, 7) is 4.04. The highest BCUT2D eigenvalue weighted by atomic mass is 16.3. The summed E-state index contributed by atoms with van der Waals surface area (Å²) in [5.41, 5.74) is 9.54. The van der Waals surface area contributed by atoms with Gasteiger partial charge in [0.25, 0.3) is 0 Å². The number of nitrogens with two attached hydrogens (primary N) is 1. The lowest BCUT2D eigenvalue weighted by molar-refractivity contribution is 0.522. The lowest BCUT2D eigenvalue weighted by Crippen LogP contribution is -2.15. The molecule has 0 fully saturated rings. The second-order valence-corrected chi connectivity index (χ2v) is 4.35. The van der Waals surface area contributed by atoms with E-state index >= 15 is 0 Å². The van der Waals surface area contributed by atoms with Crippen molar-refractivity contribution < 1.29 is 4.42 Å². The lowest BCUT2D eigenvalue weighted by atomic mass is 10.0. The van der Waals surface area contributed by atoms with Crippen LogP contribution in [-0.2, 0) is 19.9 Å². The zero-order valence-electron chi connectivity index (χ0n) is 10.6. The Hall–Kier alpha value is -1.55. The van der Waals surface area contributed by atoms with Crippen molar-refractivity contribution in [1.82, 2.24) is 9.78 Å². The number of aryl methyl sites for hydroxylation is 3. The topological polar surface area (TPSA) is 57.0 Å². The Morgan fingerprint density at radius 2 is 2.29 bits per heavy atom. The third kappa shape index (κ3) is 2.42. The Labute approximate surface area is 101 Å². The molecule has 4 nitrogen and oxygen atoms in total. The zero-order chi connectivity index (χ0) is 12.4. The number of nitrogens with zero attached hydrogens (tertiary/aromatic N) is 2. The summed E-state index contributed by atoms with van der Waals surface area (Å²) in [6, 6.07) is 4.03. The van der Waals surface area contributed by atoms with Gasteiger partial charge in [-0.05, 0) is 25.5 Å². The van der Waals surface area contributed by atoms with E-state index in [0.29, 0.717) is 0 Å². The normalized spacial score (nSPS) is 12.9. The van der Waals surface area contributed by atoms with Gasteiger partial charge in [0.15, 0.2) is 0 Å². The molecule has 17 heavy (non-hydrogen) atoms. The summed E-state index contributed by atoms with van der Waals surface area (Å²) in [5, 5.41) is 4.42. The first-order valence-electron chi connectivity index (χ1n) is 5.93. The highest BCUT2D eigenvalue weighted by molar-refractivity contribution is 5.22. The van der Waals surface area contributed by atoms with Gasteiger partial charge in [0.05, 0.1) is 12.0 Å². The van der Waals surface area contributed by atoms with E-state index in [4.69, 9.17) is 10.2 Å². The van der Waals surface area contributed by atoms with E-state index in [0.717, 1.165) is 35.6 Å². The smallest absolute Gasteiger partial charge is 0.105 e. The predicted octanol–water partition coefficient (Wildman–Crippen LogP) is 2.13. The first kappa shape index (κ1) is 11.9. The van der Waals surface area contributed by atoms with E-state index in [9.17, 15) is 0 Å². The van der Waals surface area contributed by atoms with Crippen molar-refractivity contribution in [3.05, 3.63) is 41.1 Å². The molecule has 2 N–H and O–H groups in total. The van der Waals surface area contributed by atoms with Crippen molar-refractivity contribution in [3.63, 3.8) is 0 Å². The first-order valence-corrected chi connectivity index (χ1v) is 5.93. The minimum Gasteiger partial charge on any atom is -0.469 e. The molecule has 2 rings (SSSR count). The van der Waals surface area contributed by atoms with Crippen LogP contribution in [0, 0.1) is 6.92 Å². The molecule has 0 amide bonds. The Kier molecular flexibility index (Phi) is 3.33. The summed E-state index contributed by atoms with van der Waals surface area (Å²) in [4.78, 5) is 0. The van der Waals surface area contributed by atoms with Crippen molar-refractivity contribution in [1.29, 1.82) is 0 Å². The summed E-state index contributed by atoms with van der Waals surface area (Å²) >= 11 is 0. The van der Waals surface area contributed by atoms with E-state index in [-0.39, 0.29) is 6.04 Å². The third-order valence-electron chi connectivity index (χ3n) is 3.12. The third-order valence-corrected chi connectivity index (χ3v) is 3.12. The number of aromatic nitrogens is 2. The Balaban J connectivity index is 2.15. The van der Waals surface area contributed by atoms with Crippen LogP contribution in [0.15, 0.2) is 22.8 Å². The molecule has 0 aromatic carbocycles. The fourth-order valence-electron chi connectivity index (χ4n) is 2.05. The molecule has 0 saturated carbocycles. The molecule has 2 heterocycles. The van der Waals surface area contributed by atoms with Gasteiger partial charge in [0, 0.05) is 30.8 Å². The van der Waals surface area contributed by atoms with Gasteiger partial charge in [-0.25, -0.2) is 0 Å². The van der Waals surface area contributed by atoms with Crippen LogP contribution in [0.3, 0.4) is 0 Å². The molecule has 0 saturated heterocycles. The van der Waals surface area contributed by atoms with Gasteiger partial charge in [-0.1, -0.05) is 6.92 Å². The van der Waals surface area contributed by atoms with Gasteiger partial charge in [-0.2, -0.15) is 5.10 Å². The van der Waals surface area contributed by atoms with Crippen LogP contribution in [0.1, 0.15) is 35.7 Å². The minimum absolute atomic E-state index is 0.0335. The molecule has 0 spiro atoms. The standard InChI is InChI=1S/C13H19N3O/c1-4-10-7-11(16(3)15-10)8-13(14)12-5-6-17-9(12)2/h5-7,13H,4,8,14H2,1-3H3. The number of furan rings is 1. The van der Waals surface area contributed by atoms with Gasteiger partial charge < -0.3 is 10.2 Å². The average Bonchev–Trinajstić information content (AvgIpc) is 2.86. The summed E-state index contributed by atoms with van der Waals surface area (Å²) in [6.07, 6.45) is 3.42. The first-order chi connectivity index (χ1) is 8.11. The van der Waals surface area contributed by atoms with E-state index in [2.05, 4.69) is 18.1 Å². The average molecular weight is 233 g/mol. The van der Waals surface area contributed by atoms with Gasteiger partial charge in [0.2, 0.25) is 0 Å². The van der Waals surface area contributed by atoms with Crippen molar-refractivity contribution in [2.24, 2.45) is 12.8 Å². The molecule has 0 bridgehead atoms. The molecular weight excluding hydrogens is 214 g/mol. The number of hydrogen-bond donors (Lipinski definition) is 1. The quantitative estimate of drug-likeness (QED) is 0.880. The second kappa shape index (κ2) is 4.75. The number of hydrogen-bond acceptors (Lipinski definition) is 3. The maximum Gasteiger partial charge on any atom is 0.105 e. The Morgan fingerprint density at radius 1 is 1.53 bits per heavy atom. The molecule has 1 atom stereocenters. The SMILES string of the molecule is CCc1cc(CC(N)c2ccoc2C)n(C)n1. The molecule has 1 unspecified atom stereocenters. The van der Waals surface area contributed by atoms with Crippen LogP contribution in [0.2, 0.25) is 0 Å². The molecule has 2 aromatic rings. The van der Waals surface area contributed by atoms with Crippen molar-refractivity contribution in [2.45, 2.75) is 32.7 Å². The largest absolute Gasteiger partial charge is 0.469 e. The van der Waals surface area contributed by atoms with Crippen molar-refractivity contribution in [3.8, 4) is 0 Å². The molecule has 0 radical (unpaired) electrons. The monoisotopic (exact) mass is 233 g/mol. The van der Waals surface area contributed by atoms with Gasteiger partial charge in [-0.3, -0.25) is 4.68 Å². The summed E-state index contributed by atoms with van der Waals surface area (Å²) in [7, 11) is 1.96. The minimum atomic E-state index is -0.0335. The van der Waals surface area contributed by atoms with E-state index < -0.39 is 0 Å². The van der Waals surface area contributed by atoms with Gasteiger partial charge in [0.1, 0.15) is 5.76 Å². The van der Waals surface area contributed by atoms with Crippen LogP contribution >= 0.6 is 0 Å². The summed E-state index contributed by atoms with van der Waals surface area (Å²) in [5.74, 6) is 0.899. The van der Waals surface area contributed by atoms with Crippen LogP contribution < -0.4 is 5.73 Å². The molecule has 92 valence electrons. The molecule has 0 aliphatic carbocycles. The summed E-state index contributed by atoms with van der Waals surface area (Å²) < 4.78 is 7.19. The molecule has 0 aliphatic rings. The van der Waals surface area contributed by atoms with Crippen LogP contribution in [0.5, 0.6) is 0 Å². The maximum absolute atomic E-state index is 6.19. The maximum atomic E-state index is 6.19. The Morgan fingerprint density at radius 3 is 2.82 bits per heavy atom. The van der Waals surface area contributed by atoms with E-state index in [1.165, 1.54) is 0 Å². The van der Waals surface area contributed by atoms with Gasteiger partial charge in [-0.15, -0.1) is 0 Å². The number of rotatable bonds is 4. The molecule has 0 aliphatic heterocycles. The van der Waals surface area contributed by atoms with Crippen LogP contribution in [-0.4, -0.2) is 9.78 Å². The van der Waals surface area contributed by atoms with E-state index in [1.807, 2.05) is 24.7 Å². The van der Waals surface area contributed by atoms with Crippen molar-refractivity contribution >= 4 is 0 Å². The van der Waals surface area contributed by atoms with Gasteiger partial charge >= 0.3 is 0 Å². The molecule has 2 aromatic heterocycles. The zero-order valence-corrected chi connectivity index (χ0v) is 10.6. The molecule has 4 heteroatoms. The van der Waals surface area contributed by atoms with Crippen LogP contribution in [0.4, 0.5) is 0 Å². The highest BCUT2D eigenvalue weighted by Gasteiger charge is 2.14.